The number of hydrogen-bond donors (Lipinski definition) is 2. The molecule has 1 amide bonds. The summed E-state index contributed by atoms with van der Waals surface area (Å²) in [5.41, 5.74) is 9.81. The third-order valence-electron chi connectivity index (χ3n) is 3.88. The number of carbonyl (C=O) groups excluding carboxylic acids is 1. The van der Waals surface area contributed by atoms with Crippen molar-refractivity contribution < 1.29 is 9.53 Å². The number of ether oxygens (including phenoxy) is 1. The van der Waals surface area contributed by atoms with Crippen LogP contribution in [0.4, 0.5) is 5.13 Å². The summed E-state index contributed by atoms with van der Waals surface area (Å²) in [6.07, 6.45) is 4.01. The molecule has 0 radical (unpaired) electrons. The van der Waals surface area contributed by atoms with Crippen LogP contribution in [-0.4, -0.2) is 35.6 Å². The maximum Gasteiger partial charge on any atom is 0.243 e. The molecule has 0 spiro atoms. The van der Waals surface area contributed by atoms with Crippen molar-refractivity contribution in [3.8, 4) is 22.4 Å². The summed E-state index contributed by atoms with van der Waals surface area (Å²) in [4.78, 5) is 20.6. The molecule has 2 aromatic heterocycles. The van der Waals surface area contributed by atoms with Gasteiger partial charge in [0, 0.05) is 37.1 Å². The molecule has 0 saturated carbocycles. The second kappa shape index (κ2) is 8.66. The largest absolute Gasteiger partial charge is 0.385 e. The van der Waals surface area contributed by atoms with E-state index in [0.717, 1.165) is 22.4 Å². The molecule has 0 aliphatic heterocycles. The van der Waals surface area contributed by atoms with Gasteiger partial charge in [-0.1, -0.05) is 18.2 Å². The fourth-order valence-corrected chi connectivity index (χ4v) is 3.16. The van der Waals surface area contributed by atoms with Gasteiger partial charge in [-0.05, 0) is 35.7 Å². The first kappa shape index (κ1) is 18.2. The molecule has 0 fully saturated rings. The van der Waals surface area contributed by atoms with Crippen LogP contribution >= 0.6 is 11.3 Å². The minimum atomic E-state index is -0.614. The zero-order valence-corrected chi connectivity index (χ0v) is 15.2. The van der Waals surface area contributed by atoms with Gasteiger partial charge in [-0.25, -0.2) is 4.98 Å². The van der Waals surface area contributed by atoms with E-state index in [-0.39, 0.29) is 5.91 Å². The summed E-state index contributed by atoms with van der Waals surface area (Å²) in [7, 11) is 1.58. The van der Waals surface area contributed by atoms with E-state index in [0.29, 0.717) is 18.2 Å². The highest BCUT2D eigenvalue weighted by atomic mass is 32.1. The van der Waals surface area contributed by atoms with Crippen LogP contribution in [0.25, 0.3) is 22.4 Å². The second-order valence-corrected chi connectivity index (χ2v) is 6.59. The SMILES string of the molecule is COCC[C@H](N)C(=O)Nc1nc(-c2cccc(-c3ccncc3)c2)cs1. The number of methoxy groups -OCH3 is 1. The average molecular weight is 368 g/mol. The molecule has 3 N–H and O–H groups in total. The Kier molecular flexibility index (Phi) is 6.06. The molecule has 6 nitrogen and oxygen atoms in total. The number of nitrogens with one attached hydrogen (secondary N) is 1. The first-order valence-corrected chi connectivity index (χ1v) is 9.07. The van der Waals surface area contributed by atoms with E-state index < -0.39 is 6.04 Å². The zero-order chi connectivity index (χ0) is 18.4. The Morgan fingerprint density at radius 3 is 2.77 bits per heavy atom. The number of aromatic nitrogens is 2. The van der Waals surface area contributed by atoms with Gasteiger partial charge in [0.25, 0.3) is 0 Å². The lowest BCUT2D eigenvalue weighted by Gasteiger charge is -2.09. The van der Waals surface area contributed by atoms with Gasteiger partial charge in [0.1, 0.15) is 0 Å². The van der Waals surface area contributed by atoms with Crippen LogP contribution in [-0.2, 0) is 9.53 Å². The van der Waals surface area contributed by atoms with Gasteiger partial charge in [-0.2, -0.15) is 0 Å². The Labute approximate surface area is 156 Å². The molecule has 3 aromatic rings. The van der Waals surface area contributed by atoms with Crippen molar-refractivity contribution in [2.45, 2.75) is 12.5 Å². The summed E-state index contributed by atoms with van der Waals surface area (Å²) in [5.74, 6) is -0.256. The Morgan fingerprint density at radius 2 is 2.00 bits per heavy atom. The molecule has 0 aliphatic carbocycles. The fourth-order valence-electron chi connectivity index (χ4n) is 2.44. The second-order valence-electron chi connectivity index (χ2n) is 5.73. The standard InChI is InChI=1S/C19H20N4O2S/c1-25-10-7-16(20)18(24)23-19-22-17(12-26-19)15-4-2-3-14(11-15)13-5-8-21-9-6-13/h2-6,8-9,11-12,16H,7,10,20H2,1H3,(H,22,23,24)/t16-/m0/s1. The van der Waals surface area contributed by atoms with Crippen molar-refractivity contribution in [3.05, 3.63) is 54.2 Å². The minimum absolute atomic E-state index is 0.256. The van der Waals surface area contributed by atoms with E-state index in [9.17, 15) is 4.79 Å². The number of pyridine rings is 1. The summed E-state index contributed by atoms with van der Waals surface area (Å²) in [6.45, 7) is 0.444. The fraction of sp³-hybridized carbons (Fsp3) is 0.211. The van der Waals surface area contributed by atoms with Crippen molar-refractivity contribution >= 4 is 22.4 Å². The average Bonchev–Trinajstić information content (AvgIpc) is 3.15. The molecule has 2 heterocycles. The molecule has 134 valence electrons. The lowest BCUT2D eigenvalue weighted by Crippen LogP contribution is -2.36. The number of rotatable bonds is 7. The molecular formula is C19H20N4O2S. The Balaban J connectivity index is 1.73. The zero-order valence-electron chi connectivity index (χ0n) is 14.4. The maximum atomic E-state index is 12.1. The van der Waals surface area contributed by atoms with Crippen LogP contribution in [0.2, 0.25) is 0 Å². The topological polar surface area (TPSA) is 90.1 Å². The van der Waals surface area contributed by atoms with Gasteiger partial charge in [0.2, 0.25) is 5.91 Å². The lowest BCUT2D eigenvalue weighted by molar-refractivity contribution is -0.117. The Bertz CT molecular complexity index is 867. The summed E-state index contributed by atoms with van der Waals surface area (Å²) < 4.78 is 4.95. The van der Waals surface area contributed by atoms with Gasteiger partial charge < -0.3 is 15.8 Å². The molecule has 26 heavy (non-hydrogen) atoms. The molecule has 0 saturated heterocycles. The monoisotopic (exact) mass is 368 g/mol. The molecule has 7 heteroatoms. The number of amides is 1. The maximum absolute atomic E-state index is 12.1. The molecular weight excluding hydrogens is 348 g/mol. The Morgan fingerprint density at radius 1 is 1.23 bits per heavy atom. The number of benzene rings is 1. The quantitative estimate of drug-likeness (QED) is 0.668. The van der Waals surface area contributed by atoms with Crippen molar-refractivity contribution in [1.82, 2.24) is 9.97 Å². The van der Waals surface area contributed by atoms with Crippen molar-refractivity contribution in [3.63, 3.8) is 0 Å². The van der Waals surface area contributed by atoms with E-state index in [2.05, 4.69) is 21.4 Å². The van der Waals surface area contributed by atoms with E-state index >= 15 is 0 Å². The first-order valence-electron chi connectivity index (χ1n) is 8.19. The highest BCUT2D eigenvalue weighted by molar-refractivity contribution is 7.14. The predicted octanol–water partition coefficient (Wildman–Crippen LogP) is 3.17. The van der Waals surface area contributed by atoms with Crippen molar-refractivity contribution in [2.75, 3.05) is 19.0 Å². The number of hydrogen-bond acceptors (Lipinski definition) is 6. The molecule has 0 bridgehead atoms. The smallest absolute Gasteiger partial charge is 0.243 e. The van der Waals surface area contributed by atoms with E-state index in [4.69, 9.17) is 10.5 Å². The Hall–Kier alpha value is -2.61. The van der Waals surface area contributed by atoms with Crippen LogP contribution < -0.4 is 11.1 Å². The van der Waals surface area contributed by atoms with Crippen molar-refractivity contribution in [2.24, 2.45) is 5.73 Å². The van der Waals surface area contributed by atoms with Gasteiger partial charge in [0.05, 0.1) is 11.7 Å². The normalized spacial score (nSPS) is 11.9. The molecule has 3 rings (SSSR count). The van der Waals surface area contributed by atoms with Gasteiger partial charge >= 0.3 is 0 Å². The van der Waals surface area contributed by atoms with E-state index in [1.54, 1.807) is 19.5 Å². The lowest BCUT2D eigenvalue weighted by atomic mass is 10.0. The van der Waals surface area contributed by atoms with Gasteiger partial charge in [-0.15, -0.1) is 11.3 Å². The summed E-state index contributed by atoms with van der Waals surface area (Å²) >= 11 is 1.38. The molecule has 0 unspecified atom stereocenters. The first-order chi connectivity index (χ1) is 12.7. The molecule has 1 atom stereocenters. The highest BCUT2D eigenvalue weighted by Gasteiger charge is 2.15. The van der Waals surface area contributed by atoms with Crippen LogP contribution in [0.3, 0.4) is 0 Å². The highest BCUT2D eigenvalue weighted by Crippen LogP contribution is 2.28. The van der Waals surface area contributed by atoms with E-state index in [1.165, 1.54) is 11.3 Å². The molecule has 1 aromatic carbocycles. The van der Waals surface area contributed by atoms with Crippen molar-refractivity contribution in [1.29, 1.82) is 0 Å². The number of carbonyl (C=O) groups is 1. The summed E-state index contributed by atoms with van der Waals surface area (Å²) in [6, 6.07) is 11.4. The third-order valence-corrected chi connectivity index (χ3v) is 4.63. The number of nitrogens with zero attached hydrogens (tertiary/aromatic N) is 2. The predicted molar refractivity (Wildman–Crippen MR) is 104 cm³/mol. The van der Waals surface area contributed by atoms with Crippen LogP contribution in [0.15, 0.2) is 54.2 Å². The van der Waals surface area contributed by atoms with E-state index in [1.807, 2.05) is 35.7 Å². The number of thiazole rings is 1. The minimum Gasteiger partial charge on any atom is -0.385 e. The third kappa shape index (κ3) is 4.51. The van der Waals surface area contributed by atoms with Crippen LogP contribution in [0.5, 0.6) is 0 Å². The van der Waals surface area contributed by atoms with Gasteiger partial charge in [0.15, 0.2) is 5.13 Å². The summed E-state index contributed by atoms with van der Waals surface area (Å²) in [5, 5.41) is 5.22. The van der Waals surface area contributed by atoms with Crippen LogP contribution in [0, 0.1) is 0 Å². The number of nitrogens with two attached hydrogens (primary N) is 1. The van der Waals surface area contributed by atoms with Crippen LogP contribution in [0.1, 0.15) is 6.42 Å². The van der Waals surface area contributed by atoms with Gasteiger partial charge in [-0.3, -0.25) is 9.78 Å². The number of anilines is 1. The molecule has 0 aliphatic rings.